The molecule has 3 aliphatic rings. The molecule has 2 fully saturated rings. The summed E-state index contributed by atoms with van der Waals surface area (Å²) < 4.78 is 1.79. The molecule has 4 heterocycles. The van der Waals surface area contributed by atoms with Crippen molar-refractivity contribution < 1.29 is 9.90 Å². The summed E-state index contributed by atoms with van der Waals surface area (Å²) in [6.45, 7) is 6.88. The monoisotopic (exact) mass is 447 g/mol. The molecule has 6 rings (SSSR count). The number of rotatable bonds is 6. The third-order valence-corrected chi connectivity index (χ3v) is 7.74. The molecule has 2 unspecified atom stereocenters. The van der Waals surface area contributed by atoms with Crippen LogP contribution in [0.25, 0.3) is 0 Å². The maximum atomic E-state index is 12.8. The second-order valence-corrected chi connectivity index (χ2v) is 9.70. The SMILES string of the molecule is Cc1nc(N2C[C@@H]3C(CO)[C@@H]3C2)ccc1Cn1cc(C(=O)NC2CCc3c2n[nH]c3C)cn1. The molecule has 1 saturated carbocycles. The van der Waals surface area contributed by atoms with Crippen LogP contribution in [0.15, 0.2) is 24.5 Å². The Morgan fingerprint density at radius 2 is 2.09 bits per heavy atom. The minimum absolute atomic E-state index is 0.0518. The van der Waals surface area contributed by atoms with Gasteiger partial charge in [0.15, 0.2) is 0 Å². The van der Waals surface area contributed by atoms with Crippen LogP contribution in [0, 0.1) is 31.6 Å². The Balaban J connectivity index is 1.09. The minimum Gasteiger partial charge on any atom is -0.396 e. The van der Waals surface area contributed by atoms with Crippen molar-refractivity contribution in [2.24, 2.45) is 17.8 Å². The largest absolute Gasteiger partial charge is 0.396 e. The first-order valence-corrected chi connectivity index (χ1v) is 11.7. The number of fused-ring (bicyclic) bond motifs is 2. The number of hydrogen-bond donors (Lipinski definition) is 3. The summed E-state index contributed by atoms with van der Waals surface area (Å²) >= 11 is 0. The van der Waals surface area contributed by atoms with E-state index < -0.39 is 0 Å². The standard InChI is InChI=1S/C24H29N7O2/c1-13-15(3-6-22(26-13)30-10-18-19(11-30)20(18)12-32)8-31-9-16(7-25-31)24(33)27-21-5-4-17-14(2)28-29-23(17)21/h3,6-7,9,18-21,32H,4-5,8,10-12H2,1-2H3,(H,27,33)(H,28,29)/t18-,19+,20?,21?. The number of nitrogens with zero attached hydrogens (tertiary/aromatic N) is 5. The van der Waals surface area contributed by atoms with E-state index in [2.05, 4.69) is 37.6 Å². The fraction of sp³-hybridized carbons (Fsp3) is 0.500. The molecule has 0 aromatic carbocycles. The Kier molecular flexibility index (Phi) is 4.76. The van der Waals surface area contributed by atoms with Gasteiger partial charge in [-0.3, -0.25) is 14.6 Å². The van der Waals surface area contributed by atoms with Crippen molar-refractivity contribution in [2.45, 2.75) is 39.3 Å². The van der Waals surface area contributed by atoms with Gasteiger partial charge in [-0.1, -0.05) is 6.07 Å². The Labute approximate surface area is 192 Å². The number of aromatic amines is 1. The van der Waals surface area contributed by atoms with Gasteiger partial charge in [-0.05, 0) is 61.6 Å². The molecule has 1 aliphatic heterocycles. The van der Waals surface area contributed by atoms with Crippen LogP contribution in [0.1, 0.15) is 51.0 Å². The molecule has 3 aromatic heterocycles. The number of amides is 1. The number of piperidine rings is 1. The quantitative estimate of drug-likeness (QED) is 0.531. The highest BCUT2D eigenvalue weighted by atomic mass is 16.3. The van der Waals surface area contributed by atoms with Crippen LogP contribution in [0.2, 0.25) is 0 Å². The summed E-state index contributed by atoms with van der Waals surface area (Å²) in [5.41, 5.74) is 5.87. The summed E-state index contributed by atoms with van der Waals surface area (Å²) in [6.07, 6.45) is 5.22. The molecule has 9 nitrogen and oxygen atoms in total. The predicted octanol–water partition coefficient (Wildman–Crippen LogP) is 1.76. The average Bonchev–Trinajstić information content (AvgIpc) is 3.36. The number of aromatic nitrogens is 5. The number of H-pyrrole nitrogens is 1. The molecule has 0 radical (unpaired) electrons. The second kappa shape index (κ2) is 7.69. The van der Waals surface area contributed by atoms with E-state index in [1.165, 1.54) is 5.56 Å². The topological polar surface area (TPSA) is 112 Å². The number of pyridine rings is 1. The summed E-state index contributed by atoms with van der Waals surface area (Å²) in [5, 5.41) is 24.2. The zero-order valence-electron chi connectivity index (χ0n) is 19.0. The Morgan fingerprint density at radius 1 is 1.27 bits per heavy atom. The molecular weight excluding hydrogens is 418 g/mol. The maximum Gasteiger partial charge on any atom is 0.255 e. The van der Waals surface area contributed by atoms with Gasteiger partial charge < -0.3 is 15.3 Å². The molecule has 33 heavy (non-hydrogen) atoms. The van der Waals surface area contributed by atoms with Crippen LogP contribution in [-0.2, 0) is 13.0 Å². The van der Waals surface area contributed by atoms with Gasteiger partial charge in [-0.2, -0.15) is 10.2 Å². The molecule has 1 saturated heterocycles. The van der Waals surface area contributed by atoms with Crippen molar-refractivity contribution in [1.82, 2.24) is 30.3 Å². The predicted molar refractivity (Wildman–Crippen MR) is 122 cm³/mol. The Morgan fingerprint density at radius 3 is 2.85 bits per heavy atom. The van der Waals surface area contributed by atoms with Crippen molar-refractivity contribution in [2.75, 3.05) is 24.6 Å². The Hall–Kier alpha value is -3.20. The number of hydrogen-bond acceptors (Lipinski definition) is 6. The van der Waals surface area contributed by atoms with E-state index in [0.29, 0.717) is 36.5 Å². The minimum atomic E-state index is -0.126. The number of aliphatic hydroxyl groups excluding tert-OH is 1. The van der Waals surface area contributed by atoms with Gasteiger partial charge in [0.05, 0.1) is 30.0 Å². The molecule has 3 N–H and O–H groups in total. The van der Waals surface area contributed by atoms with Crippen molar-refractivity contribution in [1.29, 1.82) is 0 Å². The number of carbonyl (C=O) groups excluding carboxylic acids is 1. The zero-order valence-corrected chi connectivity index (χ0v) is 19.0. The number of carbonyl (C=O) groups is 1. The smallest absolute Gasteiger partial charge is 0.255 e. The van der Waals surface area contributed by atoms with Gasteiger partial charge >= 0.3 is 0 Å². The molecule has 1 amide bonds. The molecule has 4 atom stereocenters. The fourth-order valence-electron chi connectivity index (χ4n) is 5.65. The average molecular weight is 448 g/mol. The fourth-order valence-corrected chi connectivity index (χ4v) is 5.65. The number of anilines is 1. The molecule has 9 heteroatoms. The van der Waals surface area contributed by atoms with Crippen LogP contribution < -0.4 is 10.2 Å². The lowest BCUT2D eigenvalue weighted by molar-refractivity contribution is 0.0935. The van der Waals surface area contributed by atoms with E-state index in [9.17, 15) is 9.90 Å². The van der Waals surface area contributed by atoms with E-state index in [0.717, 1.165) is 54.4 Å². The van der Waals surface area contributed by atoms with Crippen LogP contribution in [0.5, 0.6) is 0 Å². The third-order valence-electron chi connectivity index (χ3n) is 7.74. The second-order valence-electron chi connectivity index (χ2n) is 9.70. The van der Waals surface area contributed by atoms with Gasteiger partial charge in [-0.15, -0.1) is 0 Å². The van der Waals surface area contributed by atoms with Gasteiger partial charge in [0.25, 0.3) is 5.91 Å². The molecule has 0 bridgehead atoms. The molecule has 3 aromatic rings. The van der Waals surface area contributed by atoms with Crippen LogP contribution in [0.4, 0.5) is 5.82 Å². The van der Waals surface area contributed by atoms with E-state index in [-0.39, 0.29) is 11.9 Å². The lowest BCUT2D eigenvalue weighted by Gasteiger charge is -2.21. The first-order valence-electron chi connectivity index (χ1n) is 11.7. The van der Waals surface area contributed by atoms with E-state index in [4.69, 9.17) is 4.98 Å². The summed E-state index contributed by atoms with van der Waals surface area (Å²) in [5.74, 6) is 2.62. The van der Waals surface area contributed by atoms with Gasteiger partial charge in [0.2, 0.25) is 0 Å². The van der Waals surface area contributed by atoms with Crippen LogP contribution in [-0.4, -0.2) is 55.7 Å². The number of nitrogens with one attached hydrogen (secondary N) is 2. The highest BCUT2D eigenvalue weighted by Crippen LogP contribution is 2.51. The summed E-state index contributed by atoms with van der Waals surface area (Å²) in [4.78, 5) is 19.9. The third kappa shape index (κ3) is 3.51. The highest BCUT2D eigenvalue weighted by molar-refractivity contribution is 5.94. The molecule has 2 aliphatic carbocycles. The number of aryl methyl sites for hydroxylation is 2. The van der Waals surface area contributed by atoms with E-state index >= 15 is 0 Å². The number of aliphatic hydroxyl groups is 1. The highest BCUT2D eigenvalue weighted by Gasteiger charge is 2.55. The van der Waals surface area contributed by atoms with Crippen LogP contribution in [0.3, 0.4) is 0 Å². The molecular formula is C24H29N7O2. The van der Waals surface area contributed by atoms with Gasteiger partial charge in [-0.25, -0.2) is 4.98 Å². The van der Waals surface area contributed by atoms with Crippen molar-refractivity contribution in [3.05, 3.63) is 58.3 Å². The summed E-state index contributed by atoms with van der Waals surface area (Å²) in [6, 6.07) is 4.12. The first kappa shape index (κ1) is 20.4. The van der Waals surface area contributed by atoms with Crippen molar-refractivity contribution >= 4 is 11.7 Å². The van der Waals surface area contributed by atoms with Crippen molar-refractivity contribution in [3.8, 4) is 0 Å². The Bertz CT molecular complexity index is 1200. The summed E-state index contributed by atoms with van der Waals surface area (Å²) in [7, 11) is 0. The molecule has 0 spiro atoms. The zero-order chi connectivity index (χ0) is 22.7. The first-order chi connectivity index (χ1) is 16.0. The molecule has 172 valence electrons. The van der Waals surface area contributed by atoms with Gasteiger partial charge in [0.1, 0.15) is 5.82 Å². The van der Waals surface area contributed by atoms with Crippen LogP contribution >= 0.6 is 0 Å². The van der Waals surface area contributed by atoms with Gasteiger partial charge in [0, 0.05) is 37.3 Å². The van der Waals surface area contributed by atoms with E-state index in [1.807, 2.05) is 13.8 Å². The maximum absolute atomic E-state index is 12.8. The van der Waals surface area contributed by atoms with E-state index in [1.54, 1.807) is 17.1 Å². The lowest BCUT2D eigenvalue weighted by Crippen LogP contribution is -2.27. The van der Waals surface area contributed by atoms with Crippen molar-refractivity contribution in [3.63, 3.8) is 0 Å². The lowest BCUT2D eigenvalue weighted by atomic mass is 10.2. The normalized spacial score (nSPS) is 25.2.